The standard InChI is InChI=1S/C19H37N3O3/c1-12(2)8-15(11-23)21-19(25)17(10-14(5)6)22-18(24)16(20-7)9-13(3)4/h11-17,20H,8-10H2,1-7H3,(H,21,25)(H,22,24)/t15-,16?,17-/m0/s1. The number of carbonyl (C=O) groups is 3. The van der Waals surface area contributed by atoms with E-state index >= 15 is 0 Å². The molecule has 0 spiro atoms. The molecule has 0 heterocycles. The van der Waals surface area contributed by atoms with Crippen molar-refractivity contribution in [2.45, 2.75) is 78.9 Å². The molecule has 146 valence electrons. The van der Waals surface area contributed by atoms with E-state index in [0.717, 1.165) is 6.29 Å². The third-order valence-electron chi connectivity index (χ3n) is 3.93. The Morgan fingerprint density at radius 2 is 1.20 bits per heavy atom. The number of nitrogens with one attached hydrogen (secondary N) is 3. The lowest BCUT2D eigenvalue weighted by Crippen LogP contribution is -2.54. The molecule has 1 unspecified atom stereocenters. The normalized spacial score (nSPS) is 15.1. The average Bonchev–Trinajstić information content (AvgIpc) is 2.49. The van der Waals surface area contributed by atoms with Crippen LogP contribution in [0.1, 0.15) is 60.8 Å². The molecule has 0 aromatic heterocycles. The Hall–Kier alpha value is -1.43. The van der Waals surface area contributed by atoms with Crippen molar-refractivity contribution < 1.29 is 14.4 Å². The van der Waals surface area contributed by atoms with Gasteiger partial charge in [0.2, 0.25) is 11.8 Å². The first-order chi connectivity index (χ1) is 11.6. The molecule has 3 atom stereocenters. The summed E-state index contributed by atoms with van der Waals surface area (Å²) in [6.45, 7) is 12.1. The van der Waals surface area contributed by atoms with Crippen LogP contribution in [0.25, 0.3) is 0 Å². The van der Waals surface area contributed by atoms with E-state index in [1.165, 1.54) is 0 Å². The number of rotatable bonds is 12. The second-order valence-electron chi connectivity index (χ2n) is 8.04. The molecular weight excluding hydrogens is 318 g/mol. The van der Waals surface area contributed by atoms with Crippen LogP contribution in [0.15, 0.2) is 0 Å². The molecule has 3 N–H and O–H groups in total. The first-order valence-electron chi connectivity index (χ1n) is 9.33. The predicted octanol–water partition coefficient (Wildman–Crippen LogP) is 1.88. The molecule has 0 aromatic carbocycles. The quantitative estimate of drug-likeness (QED) is 0.467. The highest BCUT2D eigenvalue weighted by molar-refractivity contribution is 5.90. The van der Waals surface area contributed by atoms with Crippen LogP contribution >= 0.6 is 0 Å². The van der Waals surface area contributed by atoms with Crippen LogP contribution in [0.5, 0.6) is 0 Å². The maximum Gasteiger partial charge on any atom is 0.243 e. The molecule has 6 nitrogen and oxygen atoms in total. The number of hydrogen-bond donors (Lipinski definition) is 3. The van der Waals surface area contributed by atoms with Crippen molar-refractivity contribution in [3.05, 3.63) is 0 Å². The Morgan fingerprint density at radius 1 is 0.760 bits per heavy atom. The molecule has 0 rings (SSSR count). The summed E-state index contributed by atoms with van der Waals surface area (Å²) in [6, 6.07) is -1.49. The molecule has 0 aromatic rings. The fraction of sp³-hybridized carbons (Fsp3) is 0.842. The van der Waals surface area contributed by atoms with E-state index in [1.807, 2.05) is 27.7 Å². The fourth-order valence-electron chi connectivity index (χ4n) is 2.74. The summed E-state index contributed by atoms with van der Waals surface area (Å²) in [5.41, 5.74) is 0. The van der Waals surface area contributed by atoms with E-state index in [2.05, 4.69) is 29.8 Å². The van der Waals surface area contributed by atoms with Crippen LogP contribution in [0, 0.1) is 17.8 Å². The highest BCUT2D eigenvalue weighted by atomic mass is 16.2. The second kappa shape index (κ2) is 12.0. The lowest BCUT2D eigenvalue weighted by atomic mass is 9.99. The van der Waals surface area contributed by atoms with Crippen LogP contribution in [0.3, 0.4) is 0 Å². The van der Waals surface area contributed by atoms with Crippen molar-refractivity contribution >= 4 is 18.1 Å². The lowest BCUT2D eigenvalue weighted by molar-refractivity contribution is -0.131. The summed E-state index contributed by atoms with van der Waals surface area (Å²) in [5, 5.41) is 8.63. The van der Waals surface area contributed by atoms with E-state index in [0.29, 0.717) is 31.1 Å². The number of aldehydes is 1. The molecule has 0 aliphatic rings. The Bertz CT molecular complexity index is 422. The van der Waals surface area contributed by atoms with Crippen LogP contribution < -0.4 is 16.0 Å². The van der Waals surface area contributed by atoms with Crippen molar-refractivity contribution in [1.29, 1.82) is 0 Å². The molecule has 0 fully saturated rings. The predicted molar refractivity (Wildman–Crippen MR) is 101 cm³/mol. The van der Waals surface area contributed by atoms with Gasteiger partial charge in [-0.1, -0.05) is 41.5 Å². The number of likely N-dealkylation sites (N-methyl/N-ethyl adjacent to an activating group) is 1. The molecule has 0 bridgehead atoms. The Labute approximate surface area is 152 Å². The molecule has 0 saturated carbocycles. The minimum absolute atomic E-state index is 0.177. The zero-order chi connectivity index (χ0) is 19.6. The minimum Gasteiger partial charge on any atom is -0.345 e. The number of hydrogen-bond acceptors (Lipinski definition) is 4. The largest absolute Gasteiger partial charge is 0.345 e. The van der Waals surface area contributed by atoms with Gasteiger partial charge >= 0.3 is 0 Å². The zero-order valence-corrected chi connectivity index (χ0v) is 16.9. The second-order valence-corrected chi connectivity index (χ2v) is 8.04. The maximum absolute atomic E-state index is 12.6. The molecule has 25 heavy (non-hydrogen) atoms. The summed E-state index contributed by atoms with van der Waals surface area (Å²) in [4.78, 5) is 36.3. The van der Waals surface area contributed by atoms with Gasteiger partial charge in [0.25, 0.3) is 0 Å². The summed E-state index contributed by atoms with van der Waals surface area (Å²) in [6.07, 6.45) is 2.58. The van der Waals surface area contributed by atoms with Crippen LogP contribution in [0.4, 0.5) is 0 Å². The molecule has 0 saturated heterocycles. The third-order valence-corrected chi connectivity index (χ3v) is 3.93. The van der Waals surface area contributed by atoms with E-state index in [4.69, 9.17) is 0 Å². The highest BCUT2D eigenvalue weighted by Gasteiger charge is 2.27. The van der Waals surface area contributed by atoms with Crippen LogP contribution in [0.2, 0.25) is 0 Å². The Morgan fingerprint density at radius 3 is 1.60 bits per heavy atom. The van der Waals surface area contributed by atoms with Gasteiger partial charge in [-0.2, -0.15) is 0 Å². The summed E-state index contributed by atoms with van der Waals surface area (Å²) < 4.78 is 0. The molecule has 0 aliphatic carbocycles. The van der Waals surface area contributed by atoms with Gasteiger partial charge in [0.1, 0.15) is 12.3 Å². The van der Waals surface area contributed by atoms with Crippen LogP contribution in [-0.4, -0.2) is 43.3 Å². The maximum atomic E-state index is 12.6. The van der Waals surface area contributed by atoms with Crippen molar-refractivity contribution in [1.82, 2.24) is 16.0 Å². The van der Waals surface area contributed by atoms with Crippen molar-refractivity contribution in [2.24, 2.45) is 17.8 Å². The smallest absolute Gasteiger partial charge is 0.243 e. The molecule has 6 heteroatoms. The van der Waals surface area contributed by atoms with Gasteiger partial charge in [0, 0.05) is 0 Å². The molecular formula is C19H37N3O3. The van der Waals surface area contributed by atoms with Crippen molar-refractivity contribution in [3.63, 3.8) is 0 Å². The number of amides is 2. The summed E-state index contributed by atoms with van der Waals surface area (Å²) in [5.74, 6) is 0.441. The first kappa shape index (κ1) is 23.6. The molecule has 2 amide bonds. The molecule has 0 aliphatic heterocycles. The van der Waals surface area contributed by atoms with Gasteiger partial charge < -0.3 is 20.7 Å². The van der Waals surface area contributed by atoms with Gasteiger partial charge in [-0.05, 0) is 44.1 Å². The topological polar surface area (TPSA) is 87.3 Å². The first-order valence-corrected chi connectivity index (χ1v) is 9.33. The van der Waals surface area contributed by atoms with Crippen molar-refractivity contribution in [2.75, 3.05) is 7.05 Å². The summed E-state index contributed by atoms with van der Waals surface area (Å²) >= 11 is 0. The zero-order valence-electron chi connectivity index (χ0n) is 16.9. The fourth-order valence-corrected chi connectivity index (χ4v) is 2.74. The Balaban J connectivity index is 5.00. The summed E-state index contributed by atoms with van der Waals surface area (Å²) in [7, 11) is 1.75. The monoisotopic (exact) mass is 355 g/mol. The van der Waals surface area contributed by atoms with E-state index in [1.54, 1.807) is 7.05 Å². The highest BCUT2D eigenvalue weighted by Crippen LogP contribution is 2.10. The molecule has 0 radical (unpaired) electrons. The van der Waals surface area contributed by atoms with E-state index in [-0.39, 0.29) is 23.8 Å². The van der Waals surface area contributed by atoms with Gasteiger partial charge in [0.05, 0.1) is 12.1 Å². The van der Waals surface area contributed by atoms with Gasteiger partial charge in [-0.15, -0.1) is 0 Å². The van der Waals surface area contributed by atoms with Crippen LogP contribution in [-0.2, 0) is 14.4 Å². The van der Waals surface area contributed by atoms with Crippen molar-refractivity contribution in [3.8, 4) is 0 Å². The van der Waals surface area contributed by atoms with E-state index in [9.17, 15) is 14.4 Å². The van der Waals surface area contributed by atoms with E-state index < -0.39 is 12.1 Å². The van der Waals surface area contributed by atoms with Gasteiger partial charge in [-0.3, -0.25) is 9.59 Å². The van der Waals surface area contributed by atoms with Gasteiger partial charge in [-0.25, -0.2) is 0 Å². The van der Waals surface area contributed by atoms with Gasteiger partial charge in [0.15, 0.2) is 0 Å². The average molecular weight is 356 g/mol. The Kier molecular flexibility index (Phi) is 11.3. The minimum atomic E-state index is -0.634. The SMILES string of the molecule is CNC(CC(C)C)C(=O)N[C@@H](CC(C)C)C(=O)N[C@H](C=O)CC(C)C. The number of carbonyl (C=O) groups excluding carboxylic acids is 3. The third kappa shape index (κ3) is 10.2. The lowest BCUT2D eigenvalue weighted by Gasteiger charge is -2.25.